The number of nitrogens with zero attached hydrogens (tertiary/aromatic N) is 2. The molecule has 0 radical (unpaired) electrons. The Kier molecular flexibility index (Phi) is 3.53. The Bertz CT molecular complexity index is 814. The first-order chi connectivity index (χ1) is 10.1. The Hall–Kier alpha value is -2.47. The summed E-state index contributed by atoms with van der Waals surface area (Å²) in [6, 6.07) is 9.44. The third-order valence-electron chi connectivity index (χ3n) is 2.77. The standard InChI is InChI=1S/C15H13N3O2S/c1-9-6-7-16-13(8-9)20-11-4-3-5-12-14(11)18-15(21-12)17-10(2)19/h3-8H,1-2H3,(H,17,18,19). The van der Waals surface area contributed by atoms with E-state index in [4.69, 9.17) is 4.74 Å². The van der Waals surface area contributed by atoms with Crippen molar-refractivity contribution in [2.24, 2.45) is 0 Å². The number of ether oxygens (including phenoxy) is 1. The summed E-state index contributed by atoms with van der Waals surface area (Å²) in [5, 5.41) is 3.25. The van der Waals surface area contributed by atoms with Gasteiger partial charge in [-0.3, -0.25) is 4.79 Å². The van der Waals surface area contributed by atoms with Gasteiger partial charge in [-0.2, -0.15) is 0 Å². The molecule has 0 aliphatic carbocycles. The summed E-state index contributed by atoms with van der Waals surface area (Å²) in [5.74, 6) is 1.01. The molecule has 21 heavy (non-hydrogen) atoms. The van der Waals surface area contributed by atoms with Gasteiger partial charge in [-0.15, -0.1) is 0 Å². The lowest BCUT2D eigenvalue weighted by atomic mass is 10.3. The number of para-hydroxylation sites is 1. The van der Waals surface area contributed by atoms with Crippen LogP contribution >= 0.6 is 11.3 Å². The van der Waals surface area contributed by atoms with Crippen molar-refractivity contribution in [1.82, 2.24) is 9.97 Å². The van der Waals surface area contributed by atoms with Gasteiger partial charge in [-0.1, -0.05) is 17.4 Å². The lowest BCUT2D eigenvalue weighted by molar-refractivity contribution is -0.114. The van der Waals surface area contributed by atoms with E-state index in [-0.39, 0.29) is 5.91 Å². The zero-order valence-corrected chi connectivity index (χ0v) is 12.4. The monoisotopic (exact) mass is 299 g/mol. The molecule has 5 nitrogen and oxygen atoms in total. The first kappa shape index (κ1) is 13.5. The van der Waals surface area contributed by atoms with Gasteiger partial charge in [0.25, 0.3) is 0 Å². The molecule has 0 saturated heterocycles. The molecule has 0 aliphatic heterocycles. The lowest BCUT2D eigenvalue weighted by Crippen LogP contribution is -2.04. The van der Waals surface area contributed by atoms with Gasteiger partial charge in [0.1, 0.15) is 5.52 Å². The Morgan fingerprint density at radius 3 is 2.95 bits per heavy atom. The molecule has 0 atom stereocenters. The van der Waals surface area contributed by atoms with Gasteiger partial charge in [0.2, 0.25) is 11.8 Å². The molecule has 1 amide bonds. The lowest BCUT2D eigenvalue weighted by Gasteiger charge is -2.05. The van der Waals surface area contributed by atoms with Crippen LogP contribution in [0.4, 0.5) is 5.13 Å². The molecular weight excluding hydrogens is 286 g/mol. The van der Waals surface area contributed by atoms with Crippen LogP contribution in [-0.4, -0.2) is 15.9 Å². The van der Waals surface area contributed by atoms with Crippen LogP contribution in [0.5, 0.6) is 11.6 Å². The maximum atomic E-state index is 11.1. The molecule has 1 aromatic carbocycles. The number of hydrogen-bond acceptors (Lipinski definition) is 5. The molecule has 2 aromatic heterocycles. The Labute approximate surface area is 125 Å². The summed E-state index contributed by atoms with van der Waals surface area (Å²) in [6.07, 6.45) is 1.70. The molecule has 1 N–H and O–H groups in total. The second kappa shape index (κ2) is 5.49. The molecule has 0 aliphatic rings. The van der Waals surface area contributed by atoms with Crippen molar-refractivity contribution in [3.63, 3.8) is 0 Å². The number of thiazole rings is 1. The highest BCUT2D eigenvalue weighted by Gasteiger charge is 2.11. The first-order valence-electron chi connectivity index (χ1n) is 6.39. The third-order valence-corrected chi connectivity index (χ3v) is 3.71. The second-order valence-corrected chi connectivity index (χ2v) is 5.61. The van der Waals surface area contributed by atoms with E-state index in [0.29, 0.717) is 16.8 Å². The largest absolute Gasteiger partial charge is 0.437 e. The van der Waals surface area contributed by atoms with Crippen LogP contribution in [-0.2, 0) is 4.79 Å². The van der Waals surface area contributed by atoms with Crippen LogP contribution in [0.1, 0.15) is 12.5 Å². The quantitative estimate of drug-likeness (QED) is 0.800. The zero-order chi connectivity index (χ0) is 14.8. The van der Waals surface area contributed by atoms with Crippen molar-refractivity contribution in [1.29, 1.82) is 0 Å². The molecule has 0 saturated carbocycles. The number of carbonyl (C=O) groups excluding carboxylic acids is 1. The number of nitrogens with one attached hydrogen (secondary N) is 1. The van der Waals surface area contributed by atoms with Gasteiger partial charge in [-0.05, 0) is 30.7 Å². The number of hydrogen-bond donors (Lipinski definition) is 1. The molecule has 106 valence electrons. The highest BCUT2D eigenvalue weighted by molar-refractivity contribution is 7.22. The molecule has 0 fully saturated rings. The SMILES string of the molecule is CC(=O)Nc1nc2c(Oc3cc(C)ccn3)cccc2s1. The van der Waals surface area contributed by atoms with Crippen molar-refractivity contribution < 1.29 is 9.53 Å². The summed E-state index contributed by atoms with van der Waals surface area (Å²) in [6.45, 7) is 3.44. The Morgan fingerprint density at radius 2 is 2.19 bits per heavy atom. The predicted octanol–water partition coefficient (Wildman–Crippen LogP) is 3.75. The number of aryl methyl sites for hydroxylation is 1. The van der Waals surface area contributed by atoms with E-state index in [1.165, 1.54) is 18.3 Å². The molecule has 3 rings (SSSR count). The molecule has 0 bridgehead atoms. The van der Waals surface area contributed by atoms with E-state index in [2.05, 4.69) is 15.3 Å². The van der Waals surface area contributed by atoms with E-state index in [0.717, 1.165) is 15.8 Å². The van der Waals surface area contributed by atoms with E-state index >= 15 is 0 Å². The average molecular weight is 299 g/mol. The first-order valence-corrected chi connectivity index (χ1v) is 7.21. The molecule has 0 unspecified atom stereocenters. The van der Waals surface area contributed by atoms with Gasteiger partial charge in [0.05, 0.1) is 4.70 Å². The van der Waals surface area contributed by atoms with Crippen LogP contribution < -0.4 is 10.1 Å². The topological polar surface area (TPSA) is 64.1 Å². The molecular formula is C15H13N3O2S. The highest BCUT2D eigenvalue weighted by atomic mass is 32.1. The molecule has 2 heterocycles. The van der Waals surface area contributed by atoms with Crippen LogP contribution in [0.25, 0.3) is 10.2 Å². The summed E-state index contributed by atoms with van der Waals surface area (Å²) in [4.78, 5) is 19.7. The molecule has 0 spiro atoms. The normalized spacial score (nSPS) is 10.6. The molecule has 6 heteroatoms. The summed E-state index contributed by atoms with van der Waals surface area (Å²) < 4.78 is 6.76. The van der Waals surface area contributed by atoms with Gasteiger partial charge in [0, 0.05) is 19.2 Å². The van der Waals surface area contributed by atoms with Crippen molar-refractivity contribution in [3.05, 3.63) is 42.1 Å². The fourth-order valence-electron chi connectivity index (χ4n) is 1.89. The highest BCUT2D eigenvalue weighted by Crippen LogP contribution is 2.34. The Morgan fingerprint density at radius 1 is 1.33 bits per heavy atom. The molecule has 3 aromatic rings. The average Bonchev–Trinajstić information content (AvgIpc) is 2.81. The maximum Gasteiger partial charge on any atom is 0.223 e. The number of fused-ring (bicyclic) bond motifs is 1. The third kappa shape index (κ3) is 3.00. The van der Waals surface area contributed by atoms with Gasteiger partial charge in [0.15, 0.2) is 10.9 Å². The van der Waals surface area contributed by atoms with Crippen molar-refractivity contribution >= 4 is 32.6 Å². The van der Waals surface area contributed by atoms with Gasteiger partial charge < -0.3 is 10.1 Å². The van der Waals surface area contributed by atoms with Gasteiger partial charge in [-0.25, -0.2) is 9.97 Å². The number of aromatic nitrogens is 2. The number of rotatable bonds is 3. The summed E-state index contributed by atoms with van der Waals surface area (Å²) in [5.41, 5.74) is 1.79. The van der Waals surface area contributed by atoms with Crippen LogP contribution in [0.15, 0.2) is 36.5 Å². The second-order valence-electron chi connectivity index (χ2n) is 4.58. The van der Waals surface area contributed by atoms with Crippen molar-refractivity contribution in [3.8, 4) is 11.6 Å². The van der Waals surface area contributed by atoms with E-state index in [1.807, 2.05) is 37.3 Å². The smallest absolute Gasteiger partial charge is 0.223 e. The number of amides is 1. The number of carbonyl (C=O) groups is 1. The van der Waals surface area contributed by atoms with E-state index in [9.17, 15) is 4.79 Å². The van der Waals surface area contributed by atoms with Crippen LogP contribution in [0.3, 0.4) is 0 Å². The summed E-state index contributed by atoms with van der Waals surface area (Å²) >= 11 is 1.41. The zero-order valence-electron chi connectivity index (χ0n) is 11.6. The van der Waals surface area contributed by atoms with E-state index in [1.54, 1.807) is 6.20 Å². The van der Waals surface area contributed by atoms with Crippen molar-refractivity contribution in [2.75, 3.05) is 5.32 Å². The predicted molar refractivity (Wildman–Crippen MR) is 83.0 cm³/mol. The Balaban J connectivity index is 1.98. The van der Waals surface area contributed by atoms with E-state index < -0.39 is 0 Å². The van der Waals surface area contributed by atoms with Gasteiger partial charge >= 0.3 is 0 Å². The number of benzene rings is 1. The van der Waals surface area contributed by atoms with Crippen molar-refractivity contribution in [2.45, 2.75) is 13.8 Å². The fourth-order valence-corrected chi connectivity index (χ4v) is 2.82. The number of pyridine rings is 1. The minimum Gasteiger partial charge on any atom is -0.437 e. The van der Waals surface area contributed by atoms with Crippen LogP contribution in [0.2, 0.25) is 0 Å². The summed E-state index contributed by atoms with van der Waals surface area (Å²) in [7, 11) is 0. The minimum absolute atomic E-state index is 0.142. The number of anilines is 1. The maximum absolute atomic E-state index is 11.1. The minimum atomic E-state index is -0.142. The van der Waals surface area contributed by atoms with Crippen LogP contribution in [0, 0.1) is 6.92 Å². The fraction of sp³-hybridized carbons (Fsp3) is 0.133.